The minimum Gasteiger partial charge on any atom is -0.357 e. The summed E-state index contributed by atoms with van der Waals surface area (Å²) in [4.78, 5) is 18.0. The summed E-state index contributed by atoms with van der Waals surface area (Å²) in [7, 11) is 0. The molecule has 2 heterocycles. The Bertz CT molecular complexity index is 926. The Hall–Kier alpha value is -2.75. The molecule has 0 saturated heterocycles. The summed E-state index contributed by atoms with van der Waals surface area (Å²) in [6.07, 6.45) is 0.888. The molecule has 0 saturated carbocycles. The molecule has 1 aliphatic rings. The van der Waals surface area contributed by atoms with Crippen molar-refractivity contribution >= 4 is 22.6 Å². The van der Waals surface area contributed by atoms with Crippen molar-refractivity contribution in [3.8, 4) is 0 Å². The molecular weight excluding hydrogens is 310 g/mol. The maximum Gasteiger partial charge on any atom is 0.322 e. The fourth-order valence-corrected chi connectivity index (χ4v) is 3.54. The van der Waals surface area contributed by atoms with Gasteiger partial charge in [-0.2, -0.15) is 0 Å². The summed E-state index contributed by atoms with van der Waals surface area (Å²) in [6.45, 7) is 5.68. The Morgan fingerprint density at radius 2 is 2.00 bits per heavy atom. The number of H-pyrrole nitrogens is 1. The summed E-state index contributed by atoms with van der Waals surface area (Å²) in [5.74, 6) is 0.445. The van der Waals surface area contributed by atoms with Gasteiger partial charge in [-0.1, -0.05) is 44.2 Å². The Morgan fingerprint density at radius 3 is 2.84 bits per heavy atom. The summed E-state index contributed by atoms with van der Waals surface area (Å²) >= 11 is 0. The molecule has 0 unspecified atom stereocenters. The molecule has 128 valence electrons. The fraction of sp³-hybridized carbons (Fsp3) is 0.286. The van der Waals surface area contributed by atoms with Gasteiger partial charge >= 0.3 is 6.03 Å². The fourth-order valence-electron chi connectivity index (χ4n) is 3.54. The molecule has 0 fully saturated rings. The van der Waals surface area contributed by atoms with Crippen LogP contribution in [0.25, 0.3) is 10.9 Å². The minimum absolute atomic E-state index is 0.0368. The maximum atomic E-state index is 12.7. The molecule has 0 atom stereocenters. The van der Waals surface area contributed by atoms with Crippen LogP contribution in [0.2, 0.25) is 0 Å². The lowest BCUT2D eigenvalue weighted by molar-refractivity contribution is 0.206. The van der Waals surface area contributed by atoms with E-state index in [0.717, 1.165) is 29.9 Å². The van der Waals surface area contributed by atoms with Gasteiger partial charge in [-0.3, -0.25) is 0 Å². The molecule has 0 aliphatic carbocycles. The number of hydrogen-bond donors (Lipinski definition) is 2. The molecule has 1 aromatic heterocycles. The van der Waals surface area contributed by atoms with Crippen molar-refractivity contribution < 1.29 is 4.79 Å². The number of nitrogens with zero attached hydrogens (tertiary/aromatic N) is 1. The van der Waals surface area contributed by atoms with E-state index in [2.05, 4.69) is 54.5 Å². The second-order valence-electron chi connectivity index (χ2n) is 7.01. The number of aromatic amines is 1. The van der Waals surface area contributed by atoms with E-state index < -0.39 is 0 Å². The molecule has 2 N–H and O–H groups in total. The Labute approximate surface area is 147 Å². The number of hydrogen-bond acceptors (Lipinski definition) is 1. The highest BCUT2D eigenvalue weighted by molar-refractivity contribution is 5.90. The first-order valence-corrected chi connectivity index (χ1v) is 8.86. The van der Waals surface area contributed by atoms with E-state index in [1.54, 1.807) is 0 Å². The average Bonchev–Trinajstić information content (AvgIpc) is 2.99. The number of carbonyl (C=O) groups is 1. The third-order valence-electron chi connectivity index (χ3n) is 4.97. The van der Waals surface area contributed by atoms with Gasteiger partial charge < -0.3 is 15.2 Å². The number of benzene rings is 2. The smallest absolute Gasteiger partial charge is 0.322 e. The van der Waals surface area contributed by atoms with Gasteiger partial charge in [0.1, 0.15) is 0 Å². The molecule has 4 nitrogen and oxygen atoms in total. The van der Waals surface area contributed by atoms with Crippen molar-refractivity contribution in [1.82, 2.24) is 9.88 Å². The van der Waals surface area contributed by atoms with Crippen LogP contribution in [0, 0.1) is 0 Å². The van der Waals surface area contributed by atoms with Crippen LogP contribution >= 0.6 is 0 Å². The van der Waals surface area contributed by atoms with Crippen molar-refractivity contribution in [1.29, 1.82) is 0 Å². The van der Waals surface area contributed by atoms with Crippen LogP contribution in [0.15, 0.2) is 48.5 Å². The number of urea groups is 1. The van der Waals surface area contributed by atoms with Crippen LogP contribution in [0.4, 0.5) is 10.5 Å². The first-order chi connectivity index (χ1) is 12.1. The number of amides is 2. The molecule has 2 amide bonds. The largest absolute Gasteiger partial charge is 0.357 e. The van der Waals surface area contributed by atoms with Crippen LogP contribution in [0.3, 0.4) is 0 Å². The predicted molar refractivity (Wildman–Crippen MR) is 102 cm³/mol. The zero-order valence-corrected chi connectivity index (χ0v) is 14.7. The quantitative estimate of drug-likeness (QED) is 0.690. The average molecular weight is 333 g/mol. The van der Waals surface area contributed by atoms with E-state index >= 15 is 0 Å². The van der Waals surface area contributed by atoms with Gasteiger partial charge in [0.05, 0.1) is 6.54 Å². The van der Waals surface area contributed by atoms with Crippen LogP contribution in [-0.4, -0.2) is 22.5 Å². The molecule has 0 radical (unpaired) electrons. The van der Waals surface area contributed by atoms with Crippen molar-refractivity contribution in [3.05, 3.63) is 65.4 Å². The molecule has 0 bridgehead atoms. The minimum atomic E-state index is -0.0368. The number of anilines is 1. The molecule has 0 spiro atoms. The second kappa shape index (κ2) is 6.28. The zero-order valence-electron chi connectivity index (χ0n) is 14.7. The van der Waals surface area contributed by atoms with Gasteiger partial charge in [0.15, 0.2) is 0 Å². The first kappa shape index (κ1) is 15.8. The number of nitrogens with one attached hydrogen (secondary N) is 2. The maximum absolute atomic E-state index is 12.7. The molecule has 1 aliphatic heterocycles. The van der Waals surface area contributed by atoms with Gasteiger partial charge in [0.25, 0.3) is 0 Å². The number of rotatable bonds is 2. The van der Waals surface area contributed by atoms with Gasteiger partial charge in [-0.15, -0.1) is 0 Å². The van der Waals surface area contributed by atoms with E-state index in [1.165, 1.54) is 16.5 Å². The second-order valence-corrected chi connectivity index (χ2v) is 7.01. The van der Waals surface area contributed by atoms with Crippen molar-refractivity contribution in [3.63, 3.8) is 0 Å². The number of para-hydroxylation sites is 1. The third kappa shape index (κ3) is 3.00. The van der Waals surface area contributed by atoms with Crippen LogP contribution in [-0.2, 0) is 13.0 Å². The van der Waals surface area contributed by atoms with Crippen LogP contribution < -0.4 is 5.32 Å². The van der Waals surface area contributed by atoms with Crippen molar-refractivity contribution in [2.24, 2.45) is 0 Å². The molecule has 3 aromatic rings. The molecular formula is C21H23N3O. The lowest BCUT2D eigenvalue weighted by atomic mass is 10.0. The summed E-state index contributed by atoms with van der Waals surface area (Å²) in [6, 6.07) is 16.4. The van der Waals surface area contributed by atoms with Gasteiger partial charge in [-0.05, 0) is 41.7 Å². The van der Waals surface area contributed by atoms with Gasteiger partial charge in [0, 0.05) is 28.8 Å². The van der Waals surface area contributed by atoms with Crippen molar-refractivity contribution in [2.45, 2.75) is 32.7 Å². The Balaban J connectivity index is 1.51. The van der Waals surface area contributed by atoms with E-state index in [1.807, 2.05) is 23.1 Å². The SMILES string of the molecule is CC(C)c1cccc(NC(=O)N2CCc3c([nH]c4ccccc34)C2)c1. The first-order valence-electron chi connectivity index (χ1n) is 8.86. The topological polar surface area (TPSA) is 48.1 Å². The van der Waals surface area contributed by atoms with Gasteiger partial charge in [0.2, 0.25) is 0 Å². The van der Waals surface area contributed by atoms with E-state index in [-0.39, 0.29) is 6.03 Å². The number of fused-ring (bicyclic) bond motifs is 3. The van der Waals surface area contributed by atoms with Crippen molar-refractivity contribution in [2.75, 3.05) is 11.9 Å². The third-order valence-corrected chi connectivity index (χ3v) is 4.97. The zero-order chi connectivity index (χ0) is 17.4. The standard InChI is InChI=1S/C21H23N3O/c1-14(2)15-6-5-7-16(12-15)22-21(25)24-11-10-18-17-8-3-4-9-19(17)23-20(18)13-24/h3-9,12,14,23H,10-11,13H2,1-2H3,(H,22,25). The molecule has 2 aromatic carbocycles. The van der Waals surface area contributed by atoms with E-state index in [4.69, 9.17) is 0 Å². The summed E-state index contributed by atoms with van der Waals surface area (Å²) < 4.78 is 0. The lowest BCUT2D eigenvalue weighted by Crippen LogP contribution is -2.38. The Kier molecular flexibility index (Phi) is 3.96. The number of carbonyl (C=O) groups excluding carboxylic acids is 1. The lowest BCUT2D eigenvalue weighted by Gasteiger charge is -2.27. The molecule has 25 heavy (non-hydrogen) atoms. The number of aromatic nitrogens is 1. The van der Waals surface area contributed by atoms with E-state index in [0.29, 0.717) is 12.5 Å². The predicted octanol–water partition coefficient (Wildman–Crippen LogP) is 4.88. The normalized spacial score (nSPS) is 14.0. The summed E-state index contributed by atoms with van der Waals surface area (Å²) in [5, 5.41) is 4.32. The monoisotopic (exact) mass is 333 g/mol. The molecule has 4 rings (SSSR count). The summed E-state index contributed by atoms with van der Waals surface area (Å²) in [5.41, 5.74) is 5.74. The highest BCUT2D eigenvalue weighted by atomic mass is 16.2. The van der Waals surface area contributed by atoms with Crippen LogP contribution in [0.1, 0.15) is 36.6 Å². The van der Waals surface area contributed by atoms with Gasteiger partial charge in [-0.25, -0.2) is 4.79 Å². The highest BCUT2D eigenvalue weighted by Gasteiger charge is 2.23. The Morgan fingerprint density at radius 1 is 1.16 bits per heavy atom. The van der Waals surface area contributed by atoms with Crippen LogP contribution in [0.5, 0.6) is 0 Å². The molecule has 4 heteroatoms. The highest BCUT2D eigenvalue weighted by Crippen LogP contribution is 2.28. The van der Waals surface area contributed by atoms with E-state index in [9.17, 15) is 4.79 Å².